The lowest BCUT2D eigenvalue weighted by Gasteiger charge is -2.22. The van der Waals surface area contributed by atoms with E-state index in [0.29, 0.717) is 6.42 Å². The molecule has 0 aromatic heterocycles. The molecule has 0 bridgehead atoms. The van der Waals surface area contributed by atoms with Crippen molar-refractivity contribution in [2.24, 2.45) is 5.92 Å². The normalized spacial score (nSPS) is 24.5. The third kappa shape index (κ3) is 2.77. The first-order chi connectivity index (χ1) is 8.84. The van der Waals surface area contributed by atoms with Gasteiger partial charge in [0.05, 0.1) is 10.8 Å². The van der Waals surface area contributed by atoms with E-state index in [2.05, 4.69) is 22.6 Å². The van der Waals surface area contributed by atoms with E-state index in [9.17, 15) is 13.2 Å². The molecule has 104 valence electrons. The van der Waals surface area contributed by atoms with Crippen LogP contribution in [0.15, 0.2) is 29.2 Å². The third-order valence-electron chi connectivity index (χ3n) is 3.43. The number of hydrogen-bond donors (Lipinski definition) is 1. The van der Waals surface area contributed by atoms with Gasteiger partial charge in [-0.3, -0.25) is 4.79 Å². The van der Waals surface area contributed by atoms with E-state index in [1.807, 2.05) is 0 Å². The van der Waals surface area contributed by atoms with Crippen molar-refractivity contribution in [3.63, 3.8) is 0 Å². The van der Waals surface area contributed by atoms with E-state index < -0.39 is 28.0 Å². The highest BCUT2D eigenvalue weighted by atomic mass is 127. The van der Waals surface area contributed by atoms with Crippen LogP contribution in [0.4, 0.5) is 0 Å². The van der Waals surface area contributed by atoms with Crippen LogP contribution in [0.2, 0.25) is 0 Å². The van der Waals surface area contributed by atoms with E-state index in [-0.39, 0.29) is 11.4 Å². The average molecular weight is 395 g/mol. The summed E-state index contributed by atoms with van der Waals surface area (Å²) in [5, 5.41) is 9.05. The smallest absolute Gasteiger partial charge is 0.308 e. The fourth-order valence-corrected chi connectivity index (χ4v) is 4.36. The molecule has 1 aliphatic rings. The number of sulfonamides is 1. The zero-order chi connectivity index (χ0) is 14.2. The molecule has 1 aromatic carbocycles. The van der Waals surface area contributed by atoms with Crippen LogP contribution in [0, 0.1) is 9.49 Å². The van der Waals surface area contributed by atoms with Crippen molar-refractivity contribution in [3.05, 3.63) is 27.8 Å². The summed E-state index contributed by atoms with van der Waals surface area (Å²) >= 11 is 2.10. The van der Waals surface area contributed by atoms with Crippen LogP contribution >= 0.6 is 22.6 Å². The maximum absolute atomic E-state index is 12.5. The molecule has 2 atom stereocenters. The number of hydrogen-bond acceptors (Lipinski definition) is 3. The molecule has 0 aliphatic carbocycles. The molecule has 1 N–H and O–H groups in total. The first-order valence-electron chi connectivity index (χ1n) is 5.84. The lowest BCUT2D eigenvalue weighted by molar-refractivity contribution is -0.142. The van der Waals surface area contributed by atoms with Gasteiger partial charge in [-0.15, -0.1) is 0 Å². The van der Waals surface area contributed by atoms with Gasteiger partial charge in [-0.05, 0) is 60.2 Å². The second-order valence-electron chi connectivity index (χ2n) is 4.54. The first-order valence-corrected chi connectivity index (χ1v) is 8.36. The molecule has 7 heteroatoms. The van der Waals surface area contributed by atoms with E-state index in [0.717, 1.165) is 3.57 Å². The van der Waals surface area contributed by atoms with Crippen LogP contribution in [0.1, 0.15) is 13.3 Å². The molecule has 0 spiro atoms. The lowest BCUT2D eigenvalue weighted by Crippen LogP contribution is -2.37. The Hall–Kier alpha value is -0.670. The van der Waals surface area contributed by atoms with E-state index in [1.165, 1.54) is 4.31 Å². The Morgan fingerprint density at radius 2 is 1.95 bits per heavy atom. The van der Waals surface area contributed by atoms with Crippen molar-refractivity contribution < 1.29 is 18.3 Å². The zero-order valence-electron chi connectivity index (χ0n) is 10.3. The summed E-state index contributed by atoms with van der Waals surface area (Å²) in [6.45, 7) is 1.91. The van der Waals surface area contributed by atoms with Gasteiger partial charge in [0.2, 0.25) is 10.0 Å². The standard InChI is InChI=1S/C12H14INO4S/c1-8-11(12(15)16)6-7-14(8)19(17,18)10-4-2-9(13)3-5-10/h2-5,8,11H,6-7H2,1H3,(H,15,16). The van der Waals surface area contributed by atoms with Gasteiger partial charge in [0, 0.05) is 16.2 Å². The molecule has 1 aliphatic heterocycles. The minimum atomic E-state index is -3.60. The molecule has 0 amide bonds. The predicted octanol–water partition coefficient (Wildman–Crippen LogP) is 1.77. The van der Waals surface area contributed by atoms with Crippen LogP contribution < -0.4 is 0 Å². The van der Waals surface area contributed by atoms with Gasteiger partial charge in [0.1, 0.15) is 0 Å². The van der Waals surface area contributed by atoms with Gasteiger partial charge < -0.3 is 5.11 Å². The van der Waals surface area contributed by atoms with Crippen molar-refractivity contribution in [2.75, 3.05) is 6.54 Å². The minimum Gasteiger partial charge on any atom is -0.481 e. The number of benzene rings is 1. The molecule has 2 rings (SSSR count). The highest BCUT2D eigenvalue weighted by molar-refractivity contribution is 14.1. The molecule has 19 heavy (non-hydrogen) atoms. The Bertz CT molecular complexity index is 584. The SMILES string of the molecule is CC1C(C(=O)O)CCN1S(=O)(=O)c1ccc(I)cc1. The second-order valence-corrected chi connectivity index (χ2v) is 7.68. The van der Waals surface area contributed by atoms with E-state index >= 15 is 0 Å². The van der Waals surface area contributed by atoms with Gasteiger partial charge in [0.15, 0.2) is 0 Å². The average Bonchev–Trinajstić information content (AvgIpc) is 2.72. The van der Waals surface area contributed by atoms with Crippen molar-refractivity contribution in [2.45, 2.75) is 24.3 Å². The van der Waals surface area contributed by atoms with Crippen LogP contribution in [0.5, 0.6) is 0 Å². The molecular formula is C12H14INO4S. The van der Waals surface area contributed by atoms with E-state index in [1.54, 1.807) is 31.2 Å². The van der Waals surface area contributed by atoms with Gasteiger partial charge >= 0.3 is 5.97 Å². The molecule has 5 nitrogen and oxygen atoms in total. The molecule has 0 radical (unpaired) electrons. The highest BCUT2D eigenvalue weighted by Gasteiger charge is 2.42. The number of rotatable bonds is 3. The largest absolute Gasteiger partial charge is 0.481 e. The number of halogens is 1. The maximum Gasteiger partial charge on any atom is 0.308 e. The summed E-state index contributed by atoms with van der Waals surface area (Å²) in [5.41, 5.74) is 0. The van der Waals surface area contributed by atoms with Crippen molar-refractivity contribution >= 4 is 38.6 Å². The molecule has 1 heterocycles. The minimum absolute atomic E-state index is 0.214. The second kappa shape index (κ2) is 5.37. The molecule has 1 saturated heterocycles. The molecular weight excluding hydrogens is 381 g/mol. The molecule has 0 saturated carbocycles. The Balaban J connectivity index is 2.31. The topological polar surface area (TPSA) is 74.7 Å². The van der Waals surface area contributed by atoms with Crippen molar-refractivity contribution in [1.82, 2.24) is 4.31 Å². The van der Waals surface area contributed by atoms with Gasteiger partial charge in [-0.2, -0.15) is 4.31 Å². The summed E-state index contributed by atoms with van der Waals surface area (Å²) in [7, 11) is -3.60. The summed E-state index contributed by atoms with van der Waals surface area (Å²) < 4.78 is 27.1. The third-order valence-corrected chi connectivity index (χ3v) is 6.15. The zero-order valence-corrected chi connectivity index (χ0v) is 13.3. The lowest BCUT2D eigenvalue weighted by atomic mass is 10.0. The van der Waals surface area contributed by atoms with Crippen LogP contribution in [0.3, 0.4) is 0 Å². The van der Waals surface area contributed by atoms with Crippen LogP contribution in [-0.4, -0.2) is 36.4 Å². The molecule has 2 unspecified atom stereocenters. The van der Waals surface area contributed by atoms with Crippen molar-refractivity contribution in [1.29, 1.82) is 0 Å². The number of carbonyl (C=O) groups is 1. The summed E-state index contributed by atoms with van der Waals surface area (Å²) in [6, 6.07) is 6.04. The highest BCUT2D eigenvalue weighted by Crippen LogP contribution is 2.30. The number of aliphatic carboxylic acids is 1. The van der Waals surface area contributed by atoms with Gasteiger partial charge in [-0.1, -0.05) is 0 Å². The summed E-state index contributed by atoms with van der Waals surface area (Å²) in [6.07, 6.45) is 0.361. The summed E-state index contributed by atoms with van der Waals surface area (Å²) in [5.74, 6) is -1.56. The fraction of sp³-hybridized carbons (Fsp3) is 0.417. The number of carboxylic acids is 1. The first kappa shape index (κ1) is 14.7. The van der Waals surface area contributed by atoms with Crippen molar-refractivity contribution in [3.8, 4) is 0 Å². The maximum atomic E-state index is 12.5. The Kier molecular flexibility index (Phi) is 4.17. The van der Waals surface area contributed by atoms with Gasteiger partial charge in [0.25, 0.3) is 0 Å². The fourth-order valence-electron chi connectivity index (χ4n) is 2.32. The Morgan fingerprint density at radius 1 is 1.37 bits per heavy atom. The number of nitrogens with zero attached hydrogens (tertiary/aromatic N) is 1. The van der Waals surface area contributed by atoms with Gasteiger partial charge in [-0.25, -0.2) is 8.42 Å². The summed E-state index contributed by atoms with van der Waals surface area (Å²) in [4.78, 5) is 11.3. The monoisotopic (exact) mass is 395 g/mol. The molecule has 1 fully saturated rings. The Labute approximate surface area is 125 Å². The predicted molar refractivity (Wildman–Crippen MR) is 78.3 cm³/mol. The van der Waals surface area contributed by atoms with Crippen LogP contribution in [-0.2, 0) is 14.8 Å². The quantitative estimate of drug-likeness (QED) is 0.792. The van der Waals surface area contributed by atoms with Crippen LogP contribution in [0.25, 0.3) is 0 Å². The van der Waals surface area contributed by atoms with E-state index in [4.69, 9.17) is 5.11 Å². The molecule has 1 aromatic rings. The Morgan fingerprint density at radius 3 is 2.42 bits per heavy atom. The number of carboxylic acid groups (broad SMARTS) is 1.